The van der Waals surface area contributed by atoms with Crippen molar-refractivity contribution in [3.05, 3.63) is 64.7 Å². The second-order valence-electron chi connectivity index (χ2n) is 5.61. The molecule has 2 aromatic carbocycles. The van der Waals surface area contributed by atoms with E-state index in [1.807, 2.05) is 24.3 Å². The smallest absolute Gasteiger partial charge is 0.315 e. The summed E-state index contributed by atoms with van der Waals surface area (Å²) in [6.07, 6.45) is 1.08. The summed E-state index contributed by atoms with van der Waals surface area (Å²) in [5.41, 5.74) is 3.66. The molecular formula is C18H20ClN3O. The Morgan fingerprint density at radius 2 is 2.00 bits per heavy atom. The third kappa shape index (κ3) is 4.17. The van der Waals surface area contributed by atoms with Crippen LogP contribution in [0, 0.1) is 0 Å². The molecule has 2 N–H and O–H groups in total. The zero-order valence-corrected chi connectivity index (χ0v) is 13.6. The summed E-state index contributed by atoms with van der Waals surface area (Å²) in [6, 6.07) is 15.8. The number of urea groups is 1. The molecule has 2 aromatic rings. The van der Waals surface area contributed by atoms with Gasteiger partial charge in [-0.3, -0.25) is 0 Å². The number of amides is 2. The lowest BCUT2D eigenvalue weighted by atomic mass is 10.2. The number of fused-ring (bicyclic) bond motifs is 1. The van der Waals surface area contributed by atoms with Crippen LogP contribution in [0.5, 0.6) is 0 Å². The van der Waals surface area contributed by atoms with Crippen molar-refractivity contribution in [1.82, 2.24) is 10.6 Å². The molecule has 2 amide bonds. The van der Waals surface area contributed by atoms with Gasteiger partial charge in [0.25, 0.3) is 0 Å². The Hall–Kier alpha value is -2.20. The van der Waals surface area contributed by atoms with E-state index in [0.29, 0.717) is 18.1 Å². The molecule has 0 bridgehead atoms. The van der Waals surface area contributed by atoms with Gasteiger partial charge in [0.05, 0.1) is 0 Å². The van der Waals surface area contributed by atoms with Gasteiger partial charge in [-0.25, -0.2) is 4.79 Å². The van der Waals surface area contributed by atoms with E-state index >= 15 is 0 Å². The number of halogens is 1. The van der Waals surface area contributed by atoms with Gasteiger partial charge in [-0.2, -0.15) is 0 Å². The molecule has 0 aromatic heterocycles. The predicted molar refractivity (Wildman–Crippen MR) is 94.0 cm³/mol. The van der Waals surface area contributed by atoms with E-state index in [2.05, 4.69) is 39.8 Å². The third-order valence-electron chi connectivity index (χ3n) is 3.99. The van der Waals surface area contributed by atoms with E-state index in [1.54, 1.807) is 0 Å². The fourth-order valence-corrected chi connectivity index (χ4v) is 3.05. The normalized spacial score (nSPS) is 12.8. The Kier molecular flexibility index (Phi) is 5.03. The molecule has 0 unspecified atom stereocenters. The van der Waals surface area contributed by atoms with Crippen LogP contribution in [0.25, 0.3) is 0 Å². The SMILES string of the molecule is O=C(NCCN1CCc2ccccc21)NCc1cccc(Cl)c1. The zero-order chi connectivity index (χ0) is 16.1. The Bertz CT molecular complexity index is 689. The Labute approximate surface area is 141 Å². The minimum absolute atomic E-state index is 0.155. The summed E-state index contributed by atoms with van der Waals surface area (Å²) < 4.78 is 0. The number of benzene rings is 2. The van der Waals surface area contributed by atoms with Gasteiger partial charge >= 0.3 is 6.03 Å². The highest BCUT2D eigenvalue weighted by molar-refractivity contribution is 6.30. The summed E-state index contributed by atoms with van der Waals surface area (Å²) in [5, 5.41) is 6.42. The van der Waals surface area contributed by atoms with Crippen LogP contribution in [0.15, 0.2) is 48.5 Å². The first kappa shape index (κ1) is 15.7. The molecule has 0 saturated heterocycles. The minimum atomic E-state index is -0.155. The standard InChI is InChI=1S/C18H20ClN3O/c19-16-6-3-4-14(12-16)13-21-18(23)20-9-11-22-10-8-15-5-1-2-7-17(15)22/h1-7,12H,8-11,13H2,(H2,20,21,23). The molecule has 3 rings (SSSR count). The Balaban J connectivity index is 1.40. The van der Waals surface area contributed by atoms with Gasteiger partial charge in [0.1, 0.15) is 0 Å². The summed E-state index contributed by atoms with van der Waals surface area (Å²) >= 11 is 5.92. The molecule has 4 nitrogen and oxygen atoms in total. The number of hydrogen-bond acceptors (Lipinski definition) is 2. The van der Waals surface area contributed by atoms with Crippen LogP contribution in [0.2, 0.25) is 5.02 Å². The van der Waals surface area contributed by atoms with E-state index < -0.39 is 0 Å². The highest BCUT2D eigenvalue weighted by atomic mass is 35.5. The van der Waals surface area contributed by atoms with Gasteiger partial charge in [0, 0.05) is 36.9 Å². The van der Waals surface area contributed by atoms with Crippen molar-refractivity contribution in [2.75, 3.05) is 24.5 Å². The predicted octanol–water partition coefficient (Wildman–Crippen LogP) is 3.20. The van der Waals surface area contributed by atoms with Crippen LogP contribution in [0.3, 0.4) is 0 Å². The molecule has 0 fully saturated rings. The van der Waals surface area contributed by atoms with Crippen molar-refractivity contribution < 1.29 is 4.79 Å². The Morgan fingerprint density at radius 3 is 2.87 bits per heavy atom. The molecular weight excluding hydrogens is 310 g/mol. The first-order valence-corrected chi connectivity index (χ1v) is 8.19. The minimum Gasteiger partial charge on any atom is -0.369 e. The van der Waals surface area contributed by atoms with Crippen molar-refractivity contribution in [3.8, 4) is 0 Å². The van der Waals surface area contributed by atoms with E-state index in [4.69, 9.17) is 11.6 Å². The molecule has 1 aliphatic rings. The maximum atomic E-state index is 11.8. The molecule has 0 saturated carbocycles. The first-order chi connectivity index (χ1) is 11.2. The van der Waals surface area contributed by atoms with E-state index in [0.717, 1.165) is 25.1 Å². The third-order valence-corrected chi connectivity index (χ3v) is 4.23. The molecule has 1 aliphatic heterocycles. The van der Waals surface area contributed by atoms with E-state index in [1.165, 1.54) is 11.3 Å². The van der Waals surface area contributed by atoms with Crippen LogP contribution < -0.4 is 15.5 Å². The van der Waals surface area contributed by atoms with Gasteiger partial charge < -0.3 is 15.5 Å². The lowest BCUT2D eigenvalue weighted by molar-refractivity contribution is 0.240. The molecule has 0 radical (unpaired) electrons. The number of anilines is 1. The van der Waals surface area contributed by atoms with Crippen LogP contribution in [0.4, 0.5) is 10.5 Å². The van der Waals surface area contributed by atoms with E-state index in [-0.39, 0.29) is 6.03 Å². The van der Waals surface area contributed by atoms with Crippen LogP contribution in [0.1, 0.15) is 11.1 Å². The summed E-state index contributed by atoms with van der Waals surface area (Å²) in [4.78, 5) is 14.2. The largest absolute Gasteiger partial charge is 0.369 e. The van der Waals surface area contributed by atoms with E-state index in [9.17, 15) is 4.79 Å². The number of hydrogen-bond donors (Lipinski definition) is 2. The van der Waals surface area contributed by atoms with Crippen molar-refractivity contribution in [2.24, 2.45) is 0 Å². The average molecular weight is 330 g/mol. The molecule has 0 aliphatic carbocycles. The number of para-hydroxylation sites is 1. The fourth-order valence-electron chi connectivity index (χ4n) is 2.84. The number of nitrogens with zero attached hydrogens (tertiary/aromatic N) is 1. The maximum Gasteiger partial charge on any atom is 0.315 e. The molecule has 0 spiro atoms. The molecule has 120 valence electrons. The van der Waals surface area contributed by atoms with Crippen LogP contribution >= 0.6 is 11.6 Å². The molecule has 0 atom stereocenters. The zero-order valence-electron chi connectivity index (χ0n) is 12.9. The van der Waals surface area contributed by atoms with Crippen molar-refractivity contribution in [1.29, 1.82) is 0 Å². The van der Waals surface area contributed by atoms with Gasteiger partial charge in [-0.05, 0) is 35.7 Å². The number of carbonyl (C=O) groups excluding carboxylic acids is 1. The topological polar surface area (TPSA) is 44.4 Å². The van der Waals surface area contributed by atoms with Crippen molar-refractivity contribution >= 4 is 23.3 Å². The fraction of sp³-hybridized carbons (Fsp3) is 0.278. The van der Waals surface area contributed by atoms with Crippen molar-refractivity contribution in [2.45, 2.75) is 13.0 Å². The summed E-state index contributed by atoms with van der Waals surface area (Å²) in [6.45, 7) is 2.93. The van der Waals surface area contributed by atoms with Crippen LogP contribution in [-0.4, -0.2) is 25.7 Å². The van der Waals surface area contributed by atoms with Gasteiger partial charge in [-0.15, -0.1) is 0 Å². The lowest BCUT2D eigenvalue weighted by Gasteiger charge is -2.19. The van der Waals surface area contributed by atoms with Crippen molar-refractivity contribution in [3.63, 3.8) is 0 Å². The highest BCUT2D eigenvalue weighted by Gasteiger charge is 2.17. The lowest BCUT2D eigenvalue weighted by Crippen LogP contribution is -2.39. The molecule has 1 heterocycles. The van der Waals surface area contributed by atoms with Gasteiger partial charge in [0.2, 0.25) is 0 Å². The summed E-state index contributed by atoms with van der Waals surface area (Å²) in [7, 11) is 0. The molecule has 5 heteroatoms. The second kappa shape index (κ2) is 7.38. The second-order valence-corrected chi connectivity index (χ2v) is 6.04. The first-order valence-electron chi connectivity index (χ1n) is 7.81. The van der Waals surface area contributed by atoms with Crippen LogP contribution in [-0.2, 0) is 13.0 Å². The number of nitrogens with one attached hydrogen (secondary N) is 2. The number of carbonyl (C=O) groups is 1. The number of rotatable bonds is 5. The average Bonchev–Trinajstić information content (AvgIpc) is 2.97. The quantitative estimate of drug-likeness (QED) is 0.884. The van der Waals surface area contributed by atoms with Gasteiger partial charge in [0.15, 0.2) is 0 Å². The summed E-state index contributed by atoms with van der Waals surface area (Å²) in [5.74, 6) is 0. The highest BCUT2D eigenvalue weighted by Crippen LogP contribution is 2.26. The van der Waals surface area contributed by atoms with Gasteiger partial charge in [-0.1, -0.05) is 41.9 Å². The maximum absolute atomic E-state index is 11.8. The monoisotopic (exact) mass is 329 g/mol. The Morgan fingerprint density at radius 1 is 1.13 bits per heavy atom. The molecule has 23 heavy (non-hydrogen) atoms.